The van der Waals surface area contributed by atoms with Crippen molar-refractivity contribution in [2.75, 3.05) is 20.3 Å². The molecule has 2 N–H and O–H groups in total. The average Bonchev–Trinajstić information content (AvgIpc) is 2.30. The van der Waals surface area contributed by atoms with E-state index in [0.717, 1.165) is 12.2 Å². The Morgan fingerprint density at radius 3 is 2.69 bits per heavy atom. The molecule has 0 aromatic heterocycles. The third-order valence-corrected chi connectivity index (χ3v) is 3.19. The topological polar surface area (TPSA) is 44.5 Å². The highest BCUT2D eigenvalue weighted by Crippen LogP contribution is 2.39. The molecule has 1 aliphatic carbocycles. The molecule has 3 nitrogen and oxygen atoms in total. The Hall–Kier alpha value is -1.06. The fourth-order valence-electron chi connectivity index (χ4n) is 2.07. The van der Waals surface area contributed by atoms with E-state index in [1.54, 1.807) is 7.11 Å². The summed E-state index contributed by atoms with van der Waals surface area (Å²) in [5, 5.41) is 0. The predicted molar refractivity (Wildman–Crippen MR) is 63.8 cm³/mol. The molecule has 0 aliphatic heterocycles. The van der Waals surface area contributed by atoms with Crippen LogP contribution in [-0.4, -0.2) is 26.4 Å². The van der Waals surface area contributed by atoms with Gasteiger partial charge in [0, 0.05) is 19.1 Å². The van der Waals surface area contributed by atoms with E-state index in [4.69, 9.17) is 15.2 Å². The van der Waals surface area contributed by atoms with Crippen LogP contribution < -0.4 is 10.5 Å². The van der Waals surface area contributed by atoms with Gasteiger partial charge in [0.25, 0.3) is 0 Å². The second kappa shape index (κ2) is 5.32. The van der Waals surface area contributed by atoms with E-state index in [1.807, 2.05) is 18.2 Å². The zero-order valence-electron chi connectivity index (χ0n) is 9.69. The minimum absolute atomic E-state index is 0.298. The van der Waals surface area contributed by atoms with E-state index in [2.05, 4.69) is 6.07 Å². The van der Waals surface area contributed by atoms with Gasteiger partial charge in [0.2, 0.25) is 0 Å². The number of nitrogens with two attached hydrogens (primary N) is 1. The van der Waals surface area contributed by atoms with Crippen LogP contribution >= 0.6 is 0 Å². The highest BCUT2D eigenvalue weighted by molar-refractivity contribution is 5.38. The van der Waals surface area contributed by atoms with Crippen LogP contribution in [0.25, 0.3) is 0 Å². The first-order chi connectivity index (χ1) is 7.83. The molecule has 1 saturated carbocycles. The standard InChI is InChI=1S/C13H19NO2/c1-15-8-9-16-13-5-3-2-4-11(13)10-6-7-12(10)14/h2-5,10,12H,6-9,14H2,1H3. The summed E-state index contributed by atoms with van der Waals surface area (Å²) >= 11 is 0. The molecule has 3 heteroatoms. The van der Waals surface area contributed by atoms with Gasteiger partial charge in [-0.25, -0.2) is 0 Å². The maximum atomic E-state index is 6.00. The number of para-hydroxylation sites is 1. The Labute approximate surface area is 96.5 Å². The van der Waals surface area contributed by atoms with Gasteiger partial charge in [-0.2, -0.15) is 0 Å². The van der Waals surface area contributed by atoms with Gasteiger partial charge < -0.3 is 15.2 Å². The van der Waals surface area contributed by atoms with Gasteiger partial charge in [-0.05, 0) is 24.5 Å². The third-order valence-electron chi connectivity index (χ3n) is 3.19. The van der Waals surface area contributed by atoms with Crippen LogP contribution in [0.3, 0.4) is 0 Å². The molecule has 1 aromatic rings. The van der Waals surface area contributed by atoms with E-state index in [-0.39, 0.29) is 0 Å². The van der Waals surface area contributed by atoms with Gasteiger partial charge in [0.05, 0.1) is 6.61 Å². The molecule has 0 amide bonds. The van der Waals surface area contributed by atoms with Crippen LogP contribution in [0, 0.1) is 0 Å². The van der Waals surface area contributed by atoms with Crippen LogP contribution in [0.4, 0.5) is 0 Å². The van der Waals surface area contributed by atoms with Gasteiger partial charge >= 0.3 is 0 Å². The monoisotopic (exact) mass is 221 g/mol. The molecular weight excluding hydrogens is 202 g/mol. The molecular formula is C13H19NO2. The lowest BCUT2D eigenvalue weighted by Gasteiger charge is -2.34. The minimum Gasteiger partial charge on any atom is -0.491 e. The zero-order chi connectivity index (χ0) is 11.4. The first-order valence-corrected chi connectivity index (χ1v) is 5.79. The summed E-state index contributed by atoms with van der Waals surface area (Å²) in [4.78, 5) is 0. The molecule has 0 heterocycles. The van der Waals surface area contributed by atoms with Crippen molar-refractivity contribution in [1.29, 1.82) is 0 Å². The second-order valence-electron chi connectivity index (χ2n) is 4.23. The van der Waals surface area contributed by atoms with Gasteiger partial charge in [-0.1, -0.05) is 18.2 Å². The van der Waals surface area contributed by atoms with Crippen LogP contribution in [0.2, 0.25) is 0 Å². The second-order valence-corrected chi connectivity index (χ2v) is 4.23. The van der Waals surface area contributed by atoms with Crippen molar-refractivity contribution >= 4 is 0 Å². The summed E-state index contributed by atoms with van der Waals surface area (Å²) in [6.07, 6.45) is 2.29. The largest absolute Gasteiger partial charge is 0.491 e. The van der Waals surface area contributed by atoms with E-state index in [1.165, 1.54) is 12.0 Å². The smallest absolute Gasteiger partial charge is 0.122 e. The molecule has 1 aliphatic rings. The van der Waals surface area contributed by atoms with Crippen LogP contribution in [0.5, 0.6) is 5.75 Å². The maximum absolute atomic E-state index is 6.00. The number of rotatable bonds is 5. The fraction of sp³-hybridized carbons (Fsp3) is 0.538. The Kier molecular flexibility index (Phi) is 3.80. The van der Waals surface area contributed by atoms with Crippen LogP contribution in [0.15, 0.2) is 24.3 Å². The first kappa shape index (κ1) is 11.4. The molecule has 16 heavy (non-hydrogen) atoms. The normalized spacial score (nSPS) is 23.9. The van der Waals surface area contributed by atoms with Gasteiger partial charge in [-0.3, -0.25) is 0 Å². The average molecular weight is 221 g/mol. The Morgan fingerprint density at radius 1 is 1.25 bits per heavy atom. The van der Waals surface area contributed by atoms with Crippen LogP contribution in [0.1, 0.15) is 24.3 Å². The number of methoxy groups -OCH3 is 1. The van der Waals surface area contributed by atoms with Crippen molar-refractivity contribution in [3.8, 4) is 5.75 Å². The molecule has 2 atom stereocenters. The van der Waals surface area contributed by atoms with Gasteiger partial charge in [0.15, 0.2) is 0 Å². The number of benzene rings is 1. The summed E-state index contributed by atoms with van der Waals surface area (Å²) in [6, 6.07) is 8.47. The summed E-state index contributed by atoms with van der Waals surface area (Å²) in [7, 11) is 1.68. The first-order valence-electron chi connectivity index (χ1n) is 5.79. The molecule has 2 rings (SSSR count). The summed E-state index contributed by atoms with van der Waals surface area (Å²) in [5.74, 6) is 1.43. The highest BCUT2D eigenvalue weighted by Gasteiger charge is 2.30. The number of hydrogen-bond acceptors (Lipinski definition) is 3. The quantitative estimate of drug-likeness (QED) is 0.772. The fourth-order valence-corrected chi connectivity index (χ4v) is 2.07. The van der Waals surface area contributed by atoms with Crippen molar-refractivity contribution < 1.29 is 9.47 Å². The van der Waals surface area contributed by atoms with Gasteiger partial charge in [0.1, 0.15) is 12.4 Å². The molecule has 0 spiro atoms. The SMILES string of the molecule is COCCOc1ccccc1C1CCC1N. The number of ether oxygens (including phenoxy) is 2. The highest BCUT2D eigenvalue weighted by atomic mass is 16.5. The van der Waals surface area contributed by atoms with E-state index < -0.39 is 0 Å². The molecule has 2 unspecified atom stereocenters. The lowest BCUT2D eigenvalue weighted by Crippen LogP contribution is -2.37. The molecule has 1 fully saturated rings. The van der Waals surface area contributed by atoms with E-state index in [0.29, 0.717) is 25.2 Å². The van der Waals surface area contributed by atoms with E-state index in [9.17, 15) is 0 Å². The lowest BCUT2D eigenvalue weighted by molar-refractivity contribution is 0.144. The molecule has 0 saturated heterocycles. The minimum atomic E-state index is 0.298. The Balaban J connectivity index is 2.05. The number of hydrogen-bond donors (Lipinski definition) is 1. The van der Waals surface area contributed by atoms with Crippen molar-refractivity contribution in [2.45, 2.75) is 24.8 Å². The van der Waals surface area contributed by atoms with Crippen molar-refractivity contribution in [1.82, 2.24) is 0 Å². The summed E-state index contributed by atoms with van der Waals surface area (Å²) < 4.78 is 10.7. The maximum Gasteiger partial charge on any atom is 0.122 e. The Bertz CT molecular complexity index is 340. The van der Waals surface area contributed by atoms with Crippen molar-refractivity contribution in [3.63, 3.8) is 0 Å². The summed E-state index contributed by atoms with van der Waals surface area (Å²) in [5.41, 5.74) is 7.25. The molecule has 0 radical (unpaired) electrons. The lowest BCUT2D eigenvalue weighted by atomic mass is 9.75. The molecule has 88 valence electrons. The third kappa shape index (κ3) is 2.36. The Morgan fingerprint density at radius 2 is 2.06 bits per heavy atom. The predicted octanol–water partition coefficient (Wildman–Crippen LogP) is 1.92. The zero-order valence-corrected chi connectivity index (χ0v) is 9.69. The van der Waals surface area contributed by atoms with Crippen molar-refractivity contribution in [3.05, 3.63) is 29.8 Å². The summed E-state index contributed by atoms with van der Waals surface area (Å²) in [6.45, 7) is 1.21. The molecule has 0 bridgehead atoms. The van der Waals surface area contributed by atoms with Crippen LogP contribution in [-0.2, 0) is 4.74 Å². The van der Waals surface area contributed by atoms with E-state index >= 15 is 0 Å². The van der Waals surface area contributed by atoms with Crippen molar-refractivity contribution in [2.24, 2.45) is 5.73 Å². The molecule has 1 aromatic carbocycles. The van der Waals surface area contributed by atoms with Gasteiger partial charge in [-0.15, -0.1) is 0 Å².